The molecule has 0 aliphatic carbocycles. The zero-order valence-corrected chi connectivity index (χ0v) is 11.5. The number of methoxy groups -OCH3 is 1. The fourth-order valence-electron chi connectivity index (χ4n) is 2.39. The summed E-state index contributed by atoms with van der Waals surface area (Å²) in [5.74, 6) is 3.49. The van der Waals surface area contributed by atoms with E-state index in [1.54, 1.807) is 12.1 Å². The first-order valence-electron chi connectivity index (χ1n) is 6.30. The average molecular weight is 277 g/mol. The van der Waals surface area contributed by atoms with Crippen LogP contribution in [0.5, 0.6) is 0 Å². The lowest BCUT2D eigenvalue weighted by molar-refractivity contribution is 0.0600. The van der Waals surface area contributed by atoms with Crippen LogP contribution >= 0.6 is 11.8 Å². The number of carbonyl (C=O) groups excluding carboxylic acids is 1. The summed E-state index contributed by atoms with van der Waals surface area (Å²) < 4.78 is 6.69. The standard InChI is InChI=1S/C13H15N3O2S/c1-18-13(17)10-2-5-16-11(8-10)14-15-12(16)9-3-6-19-7-4-9/h2,5,8-9H,3-4,6-7H2,1H3. The van der Waals surface area contributed by atoms with Crippen LogP contribution in [0.15, 0.2) is 18.3 Å². The SMILES string of the molecule is COC(=O)c1ccn2c(C3CCSCC3)nnc2c1. The van der Waals surface area contributed by atoms with Gasteiger partial charge in [0.15, 0.2) is 5.65 Å². The number of ether oxygens (including phenoxy) is 1. The second kappa shape index (κ2) is 5.21. The van der Waals surface area contributed by atoms with E-state index in [9.17, 15) is 4.79 Å². The molecule has 2 aromatic rings. The number of esters is 1. The third kappa shape index (κ3) is 2.32. The predicted molar refractivity (Wildman–Crippen MR) is 73.6 cm³/mol. The highest BCUT2D eigenvalue weighted by atomic mass is 32.2. The Kier molecular flexibility index (Phi) is 3.42. The quantitative estimate of drug-likeness (QED) is 0.787. The molecule has 0 atom stereocenters. The molecule has 100 valence electrons. The van der Waals surface area contributed by atoms with Crippen molar-refractivity contribution < 1.29 is 9.53 Å². The summed E-state index contributed by atoms with van der Waals surface area (Å²) in [4.78, 5) is 11.5. The normalized spacial score (nSPS) is 16.7. The minimum absolute atomic E-state index is 0.346. The van der Waals surface area contributed by atoms with Crippen molar-refractivity contribution in [2.45, 2.75) is 18.8 Å². The minimum atomic E-state index is -0.346. The van der Waals surface area contributed by atoms with Gasteiger partial charge in [-0.2, -0.15) is 11.8 Å². The first kappa shape index (κ1) is 12.5. The van der Waals surface area contributed by atoms with Crippen LogP contribution < -0.4 is 0 Å². The molecule has 1 fully saturated rings. The maximum atomic E-state index is 11.5. The first-order chi connectivity index (χ1) is 9.29. The molecule has 6 heteroatoms. The predicted octanol–water partition coefficient (Wildman–Crippen LogP) is 2.13. The molecule has 5 nitrogen and oxygen atoms in total. The smallest absolute Gasteiger partial charge is 0.338 e. The van der Waals surface area contributed by atoms with Crippen molar-refractivity contribution in [3.8, 4) is 0 Å². The monoisotopic (exact) mass is 277 g/mol. The summed E-state index contributed by atoms with van der Waals surface area (Å²) in [6, 6.07) is 3.48. The maximum absolute atomic E-state index is 11.5. The number of nitrogens with zero attached hydrogens (tertiary/aromatic N) is 3. The van der Waals surface area contributed by atoms with Crippen molar-refractivity contribution in [1.82, 2.24) is 14.6 Å². The lowest BCUT2D eigenvalue weighted by atomic mass is 10.0. The Morgan fingerprint density at radius 1 is 1.42 bits per heavy atom. The van der Waals surface area contributed by atoms with Crippen molar-refractivity contribution in [1.29, 1.82) is 0 Å². The zero-order chi connectivity index (χ0) is 13.2. The number of hydrogen-bond acceptors (Lipinski definition) is 5. The number of thioether (sulfide) groups is 1. The zero-order valence-electron chi connectivity index (χ0n) is 10.7. The van der Waals surface area contributed by atoms with Crippen LogP contribution in [0, 0.1) is 0 Å². The van der Waals surface area contributed by atoms with Crippen molar-refractivity contribution in [2.24, 2.45) is 0 Å². The van der Waals surface area contributed by atoms with E-state index < -0.39 is 0 Å². The molecule has 19 heavy (non-hydrogen) atoms. The Morgan fingerprint density at radius 2 is 2.21 bits per heavy atom. The fraction of sp³-hybridized carbons (Fsp3) is 0.462. The molecule has 0 saturated carbocycles. The second-order valence-corrected chi connectivity index (χ2v) is 5.80. The molecule has 2 aromatic heterocycles. The van der Waals surface area contributed by atoms with E-state index in [1.807, 2.05) is 22.4 Å². The minimum Gasteiger partial charge on any atom is -0.465 e. The van der Waals surface area contributed by atoms with Gasteiger partial charge < -0.3 is 4.74 Å². The molecule has 0 aromatic carbocycles. The highest BCUT2D eigenvalue weighted by Crippen LogP contribution is 2.30. The van der Waals surface area contributed by atoms with Gasteiger partial charge in [-0.05, 0) is 36.5 Å². The topological polar surface area (TPSA) is 56.5 Å². The van der Waals surface area contributed by atoms with Gasteiger partial charge in [0.25, 0.3) is 0 Å². The van der Waals surface area contributed by atoms with Gasteiger partial charge in [0.2, 0.25) is 0 Å². The van der Waals surface area contributed by atoms with Crippen molar-refractivity contribution in [3.05, 3.63) is 29.7 Å². The second-order valence-electron chi connectivity index (χ2n) is 4.58. The molecule has 0 spiro atoms. The Morgan fingerprint density at radius 3 is 2.95 bits per heavy atom. The molecule has 1 aliphatic heterocycles. The Hall–Kier alpha value is -1.56. The number of carbonyl (C=O) groups is 1. The molecule has 1 saturated heterocycles. The van der Waals surface area contributed by atoms with Gasteiger partial charge in [0, 0.05) is 12.1 Å². The molecule has 3 heterocycles. The van der Waals surface area contributed by atoms with Crippen LogP contribution in [-0.2, 0) is 4.74 Å². The van der Waals surface area contributed by atoms with Crippen molar-refractivity contribution in [2.75, 3.05) is 18.6 Å². The average Bonchev–Trinajstić information content (AvgIpc) is 2.90. The lowest BCUT2D eigenvalue weighted by Crippen LogP contribution is -2.11. The van der Waals surface area contributed by atoms with Crippen LogP contribution in [0.25, 0.3) is 5.65 Å². The van der Waals surface area contributed by atoms with Gasteiger partial charge in [-0.25, -0.2) is 4.79 Å². The largest absolute Gasteiger partial charge is 0.465 e. The van der Waals surface area contributed by atoms with Gasteiger partial charge in [-0.15, -0.1) is 10.2 Å². The molecule has 0 unspecified atom stereocenters. The highest BCUT2D eigenvalue weighted by Gasteiger charge is 2.21. The first-order valence-corrected chi connectivity index (χ1v) is 7.46. The molecule has 0 radical (unpaired) electrons. The fourth-order valence-corrected chi connectivity index (χ4v) is 3.49. The van der Waals surface area contributed by atoms with Crippen molar-refractivity contribution in [3.63, 3.8) is 0 Å². The molecular formula is C13H15N3O2S. The number of rotatable bonds is 2. The van der Waals surface area contributed by atoms with Gasteiger partial charge >= 0.3 is 5.97 Å². The molecule has 3 rings (SSSR count). The van der Waals surface area contributed by atoms with E-state index in [0.717, 1.165) is 18.7 Å². The summed E-state index contributed by atoms with van der Waals surface area (Å²) in [5, 5.41) is 8.47. The van der Waals surface area contributed by atoms with Crippen LogP contribution in [0.3, 0.4) is 0 Å². The lowest BCUT2D eigenvalue weighted by Gasteiger charge is -2.19. The van der Waals surface area contributed by atoms with E-state index in [2.05, 4.69) is 10.2 Å². The van der Waals surface area contributed by atoms with E-state index in [-0.39, 0.29) is 5.97 Å². The molecule has 0 N–H and O–H groups in total. The van der Waals surface area contributed by atoms with Crippen LogP contribution in [0.1, 0.15) is 34.9 Å². The van der Waals surface area contributed by atoms with E-state index in [1.165, 1.54) is 18.6 Å². The molecule has 1 aliphatic rings. The van der Waals surface area contributed by atoms with E-state index >= 15 is 0 Å². The van der Waals surface area contributed by atoms with E-state index in [4.69, 9.17) is 4.74 Å². The number of aromatic nitrogens is 3. The Labute approximate surface area is 115 Å². The van der Waals surface area contributed by atoms with Crippen LogP contribution in [0.4, 0.5) is 0 Å². The highest BCUT2D eigenvalue weighted by molar-refractivity contribution is 7.99. The van der Waals surface area contributed by atoms with E-state index in [0.29, 0.717) is 17.1 Å². The van der Waals surface area contributed by atoms with Crippen LogP contribution in [0.2, 0.25) is 0 Å². The van der Waals surface area contributed by atoms with Crippen molar-refractivity contribution >= 4 is 23.4 Å². The maximum Gasteiger partial charge on any atom is 0.338 e. The van der Waals surface area contributed by atoms with Gasteiger partial charge in [-0.3, -0.25) is 4.40 Å². The summed E-state index contributed by atoms with van der Waals surface area (Å²) in [6.07, 6.45) is 4.15. The number of hydrogen-bond donors (Lipinski definition) is 0. The molecule has 0 amide bonds. The summed E-state index contributed by atoms with van der Waals surface area (Å²) in [6.45, 7) is 0. The van der Waals surface area contributed by atoms with Gasteiger partial charge in [-0.1, -0.05) is 0 Å². The third-order valence-corrected chi connectivity index (χ3v) is 4.49. The van der Waals surface area contributed by atoms with Crippen LogP contribution in [-0.4, -0.2) is 39.2 Å². The Balaban J connectivity index is 1.97. The molecule has 0 bridgehead atoms. The Bertz CT molecular complexity index is 605. The summed E-state index contributed by atoms with van der Waals surface area (Å²) in [5.41, 5.74) is 1.21. The van der Waals surface area contributed by atoms with Gasteiger partial charge in [0.1, 0.15) is 5.82 Å². The molecular weight excluding hydrogens is 262 g/mol. The third-order valence-electron chi connectivity index (χ3n) is 3.44. The number of pyridine rings is 1. The number of fused-ring (bicyclic) bond motifs is 1. The summed E-state index contributed by atoms with van der Waals surface area (Å²) in [7, 11) is 1.38. The van der Waals surface area contributed by atoms with Gasteiger partial charge in [0.05, 0.1) is 12.7 Å². The summed E-state index contributed by atoms with van der Waals surface area (Å²) >= 11 is 1.99.